The molecule has 4 aromatic carbocycles. The number of benzene rings is 4. The van der Waals surface area contributed by atoms with Crippen molar-refractivity contribution in [3.8, 4) is 0 Å². The van der Waals surface area contributed by atoms with E-state index in [9.17, 15) is 0 Å². The van der Waals surface area contributed by atoms with E-state index in [0.717, 1.165) is 0 Å². The number of nitrogens with one attached hydrogen (secondary N) is 1. The first-order valence-electron chi connectivity index (χ1n) is 8.91. The molecule has 0 unspecified atom stereocenters. The van der Waals surface area contributed by atoms with Gasteiger partial charge in [-0.25, -0.2) is 0 Å². The van der Waals surface area contributed by atoms with Crippen LogP contribution in [0.15, 0.2) is 117 Å². The zero-order valence-electron chi connectivity index (χ0n) is 14.6. The molecule has 0 bridgehead atoms. The molecule has 0 aliphatic carbocycles. The lowest BCUT2D eigenvalue weighted by molar-refractivity contribution is 1.23. The van der Waals surface area contributed by atoms with Gasteiger partial charge in [0.05, 0.1) is 4.90 Å². The van der Waals surface area contributed by atoms with E-state index in [1.807, 2.05) is 11.8 Å². The van der Waals surface area contributed by atoms with Crippen LogP contribution in [0.25, 0.3) is 21.8 Å². The normalized spacial score (nSPS) is 11.3. The molecule has 0 aliphatic heterocycles. The highest BCUT2D eigenvalue weighted by molar-refractivity contribution is 7.99. The van der Waals surface area contributed by atoms with Gasteiger partial charge in [-0.1, -0.05) is 60.3 Å². The molecule has 1 heterocycles. The first-order chi connectivity index (χ1) is 13.4. The van der Waals surface area contributed by atoms with Gasteiger partial charge < -0.3 is 4.98 Å². The molecule has 0 radical (unpaired) electrons. The van der Waals surface area contributed by atoms with Gasteiger partial charge in [-0.15, -0.1) is 0 Å². The summed E-state index contributed by atoms with van der Waals surface area (Å²) in [6.45, 7) is 0. The van der Waals surface area contributed by atoms with Gasteiger partial charge in [-0.2, -0.15) is 0 Å². The van der Waals surface area contributed by atoms with Gasteiger partial charge >= 0.3 is 0 Å². The molecule has 0 atom stereocenters. The first-order valence-corrected chi connectivity index (χ1v) is 10.6. The summed E-state index contributed by atoms with van der Waals surface area (Å²) in [5, 5.41) is 2.57. The lowest BCUT2D eigenvalue weighted by Gasteiger charge is -2.04. The van der Waals surface area contributed by atoms with E-state index < -0.39 is 0 Å². The minimum atomic E-state index is 1.19. The fourth-order valence-corrected chi connectivity index (χ4v) is 5.40. The van der Waals surface area contributed by atoms with Crippen molar-refractivity contribution >= 4 is 45.3 Å². The maximum absolute atomic E-state index is 3.50. The van der Waals surface area contributed by atoms with Crippen LogP contribution >= 0.6 is 11.8 Å². The molecule has 0 aliphatic rings. The van der Waals surface area contributed by atoms with Crippen molar-refractivity contribution in [2.45, 2.75) is 19.6 Å². The Morgan fingerprint density at radius 1 is 0.630 bits per heavy atom. The zero-order chi connectivity index (χ0) is 18.1. The van der Waals surface area contributed by atoms with E-state index in [0.29, 0.717) is 0 Å². The highest BCUT2D eigenvalue weighted by Gasteiger charge is 2.14. The lowest BCUT2D eigenvalue weighted by atomic mass is 10.1. The number of hydrogen-bond donors (Lipinski definition) is 1. The van der Waals surface area contributed by atoms with Crippen LogP contribution < -0.4 is 0 Å². The molecule has 0 saturated carbocycles. The van der Waals surface area contributed by atoms with Crippen molar-refractivity contribution in [1.29, 1.82) is 0 Å². The lowest BCUT2D eigenvalue weighted by Crippen LogP contribution is -1.87. The molecule has 5 aromatic rings. The summed E-state index contributed by atoms with van der Waals surface area (Å²) in [6.07, 6.45) is 0. The van der Waals surface area contributed by atoms with Crippen molar-refractivity contribution in [3.05, 3.63) is 97.1 Å². The Morgan fingerprint density at radius 3 is 2.30 bits per heavy atom. The minimum absolute atomic E-state index is 1.19. The molecule has 5 rings (SSSR count). The number of para-hydroxylation sites is 1. The summed E-state index contributed by atoms with van der Waals surface area (Å²) >= 11 is 3.08. The van der Waals surface area contributed by atoms with Gasteiger partial charge in [0.25, 0.3) is 0 Å². The molecule has 0 saturated heterocycles. The second kappa shape index (κ2) is 7.18. The van der Waals surface area contributed by atoms with E-state index in [4.69, 9.17) is 0 Å². The Balaban J connectivity index is 1.51. The van der Waals surface area contributed by atoms with Gasteiger partial charge in [0, 0.05) is 38.5 Å². The number of aromatic amines is 1. The molecule has 130 valence electrons. The number of hydrogen-bond acceptors (Lipinski definition) is 1. The molecule has 3 heteroatoms. The second-order valence-corrected chi connectivity index (χ2v) is 8.73. The second-order valence-electron chi connectivity index (χ2n) is 6.40. The van der Waals surface area contributed by atoms with Crippen molar-refractivity contribution in [2.24, 2.45) is 0 Å². The summed E-state index contributed by atoms with van der Waals surface area (Å²) < 4.78 is 0. The van der Waals surface area contributed by atoms with Crippen LogP contribution in [0.5, 0.6) is 0 Å². The van der Waals surface area contributed by atoms with Gasteiger partial charge in [0.2, 0.25) is 0 Å². The van der Waals surface area contributed by atoms with Crippen molar-refractivity contribution < 1.29 is 0 Å². The van der Waals surface area contributed by atoms with Crippen molar-refractivity contribution in [1.82, 2.24) is 4.98 Å². The Morgan fingerprint density at radius 2 is 1.37 bits per heavy atom. The summed E-state index contributed by atoms with van der Waals surface area (Å²) in [4.78, 5) is 8.73. The average Bonchev–Trinajstić information content (AvgIpc) is 3.08. The maximum atomic E-state index is 3.50. The van der Waals surface area contributed by atoms with Crippen LogP contribution in [0, 0.1) is 0 Å². The summed E-state index contributed by atoms with van der Waals surface area (Å²) in [5.74, 6) is 0. The Kier molecular flexibility index (Phi) is 4.40. The van der Waals surface area contributed by atoms with E-state index in [2.05, 4.69) is 102 Å². The third-order valence-corrected chi connectivity index (χ3v) is 6.98. The van der Waals surface area contributed by atoms with Gasteiger partial charge in [0.1, 0.15) is 0 Å². The Hall–Kier alpha value is -2.62. The molecular formula is C24H18NS2+. The molecule has 0 amide bonds. The number of thiol groups is 1. The number of rotatable bonds is 4. The number of aromatic nitrogens is 1. The quantitative estimate of drug-likeness (QED) is 0.269. The Labute approximate surface area is 166 Å². The Bertz CT molecular complexity index is 1230. The van der Waals surface area contributed by atoms with Crippen LogP contribution in [0.4, 0.5) is 0 Å². The van der Waals surface area contributed by atoms with Gasteiger partial charge in [-0.05, 0) is 48.5 Å². The van der Waals surface area contributed by atoms with E-state index in [1.165, 1.54) is 53.1 Å². The topological polar surface area (TPSA) is 15.8 Å². The van der Waals surface area contributed by atoms with Crippen molar-refractivity contribution in [3.63, 3.8) is 0 Å². The van der Waals surface area contributed by atoms with Crippen LogP contribution in [0.2, 0.25) is 0 Å². The third-order valence-electron chi connectivity index (χ3n) is 4.58. The van der Waals surface area contributed by atoms with E-state index in [-0.39, 0.29) is 0 Å². The van der Waals surface area contributed by atoms with Gasteiger partial charge in [-0.3, -0.25) is 0 Å². The first kappa shape index (κ1) is 16.5. The summed E-state index contributed by atoms with van der Waals surface area (Å²) in [6, 6.07) is 34.5. The predicted octanol–water partition coefficient (Wildman–Crippen LogP) is 6.71. The van der Waals surface area contributed by atoms with Crippen LogP contribution in [-0.4, -0.2) is 4.98 Å². The molecule has 0 fully saturated rings. The molecule has 1 N–H and O–H groups in total. The fourth-order valence-electron chi connectivity index (χ4n) is 3.30. The zero-order valence-corrected chi connectivity index (χ0v) is 16.3. The fraction of sp³-hybridized carbons (Fsp3) is 0. The third kappa shape index (κ3) is 3.36. The molecular weight excluding hydrogens is 366 g/mol. The monoisotopic (exact) mass is 384 g/mol. The predicted molar refractivity (Wildman–Crippen MR) is 118 cm³/mol. The standard InChI is InChI=1S/C24H17NS2/c1-2-8-17(9-3-1)26-23-12-6-7-13-24(23)27-18-14-15-22-20(16-18)19-10-4-5-11-21(19)25-22/h1-16,25H/p+1. The van der Waals surface area contributed by atoms with Crippen LogP contribution in [0.1, 0.15) is 0 Å². The average molecular weight is 385 g/mol. The number of H-pyrrole nitrogens is 1. The van der Waals surface area contributed by atoms with Crippen LogP contribution in [0.3, 0.4) is 0 Å². The van der Waals surface area contributed by atoms with Crippen molar-refractivity contribution in [2.75, 3.05) is 0 Å². The SMILES string of the molecule is c1ccc([SH+]c2ccccc2Sc2ccc3[nH]c4ccccc4c3c2)cc1. The summed E-state index contributed by atoms with van der Waals surface area (Å²) in [7, 11) is 0. The smallest absolute Gasteiger partial charge is 0.172 e. The van der Waals surface area contributed by atoms with Gasteiger partial charge in [0.15, 0.2) is 9.79 Å². The molecule has 1 aromatic heterocycles. The highest BCUT2D eigenvalue weighted by atomic mass is 32.2. The number of fused-ring (bicyclic) bond motifs is 3. The van der Waals surface area contributed by atoms with E-state index in [1.54, 1.807) is 0 Å². The highest BCUT2D eigenvalue weighted by Crippen LogP contribution is 2.35. The molecule has 27 heavy (non-hydrogen) atoms. The molecule has 1 nitrogen and oxygen atoms in total. The maximum Gasteiger partial charge on any atom is 0.172 e. The summed E-state index contributed by atoms with van der Waals surface area (Å²) in [5.41, 5.74) is 2.38. The van der Waals surface area contributed by atoms with Crippen LogP contribution in [-0.2, 0) is 11.8 Å². The molecule has 0 spiro atoms. The van der Waals surface area contributed by atoms with E-state index >= 15 is 0 Å². The largest absolute Gasteiger partial charge is 0.355 e. The minimum Gasteiger partial charge on any atom is -0.355 e.